The lowest BCUT2D eigenvalue weighted by atomic mass is 10.1. The fraction of sp³-hybridized carbons (Fsp3) is 0.538. The topological polar surface area (TPSA) is 58.7 Å². The SMILES string of the molecule is Nc1cc(F)ccc1N1CCC(OCCO)CC1. The molecule has 0 aromatic heterocycles. The van der Waals surface area contributed by atoms with Gasteiger partial charge in [-0.25, -0.2) is 4.39 Å². The first-order valence-electron chi connectivity index (χ1n) is 6.23. The van der Waals surface area contributed by atoms with Gasteiger partial charge in [0, 0.05) is 13.1 Å². The molecule has 0 bridgehead atoms. The number of ether oxygens (including phenoxy) is 1. The lowest BCUT2D eigenvalue weighted by Crippen LogP contribution is -2.37. The van der Waals surface area contributed by atoms with Gasteiger partial charge < -0.3 is 20.5 Å². The van der Waals surface area contributed by atoms with Crippen LogP contribution in [0, 0.1) is 5.82 Å². The number of hydrogen-bond acceptors (Lipinski definition) is 4. The summed E-state index contributed by atoms with van der Waals surface area (Å²) in [6.07, 6.45) is 2.00. The first-order chi connectivity index (χ1) is 8.70. The van der Waals surface area contributed by atoms with Crippen LogP contribution in [0.15, 0.2) is 18.2 Å². The van der Waals surface area contributed by atoms with Crippen molar-refractivity contribution in [2.24, 2.45) is 0 Å². The third-order valence-electron chi connectivity index (χ3n) is 3.22. The quantitative estimate of drug-likeness (QED) is 0.797. The van der Waals surface area contributed by atoms with Gasteiger partial charge in [-0.15, -0.1) is 0 Å². The number of halogens is 1. The van der Waals surface area contributed by atoms with E-state index in [1.807, 2.05) is 0 Å². The summed E-state index contributed by atoms with van der Waals surface area (Å²) in [5.41, 5.74) is 7.18. The Hall–Kier alpha value is -1.33. The molecule has 0 atom stereocenters. The zero-order chi connectivity index (χ0) is 13.0. The molecule has 100 valence electrons. The van der Waals surface area contributed by atoms with Crippen LogP contribution in [-0.4, -0.2) is 37.5 Å². The minimum absolute atomic E-state index is 0.0606. The summed E-state index contributed by atoms with van der Waals surface area (Å²) in [5, 5.41) is 8.70. The van der Waals surface area contributed by atoms with Crippen molar-refractivity contribution in [1.82, 2.24) is 0 Å². The Kier molecular flexibility index (Phi) is 4.38. The van der Waals surface area contributed by atoms with Crippen LogP contribution >= 0.6 is 0 Å². The van der Waals surface area contributed by atoms with Crippen molar-refractivity contribution in [2.75, 3.05) is 36.9 Å². The number of rotatable bonds is 4. The van der Waals surface area contributed by atoms with Gasteiger partial charge in [0.25, 0.3) is 0 Å². The predicted octanol–water partition coefficient (Wildman–Crippen LogP) is 1.39. The molecule has 0 aliphatic carbocycles. The van der Waals surface area contributed by atoms with E-state index in [4.69, 9.17) is 15.6 Å². The molecule has 3 N–H and O–H groups in total. The van der Waals surface area contributed by atoms with E-state index in [-0.39, 0.29) is 18.5 Å². The predicted molar refractivity (Wildman–Crippen MR) is 69.1 cm³/mol. The van der Waals surface area contributed by atoms with Crippen molar-refractivity contribution in [3.05, 3.63) is 24.0 Å². The summed E-state index contributed by atoms with van der Waals surface area (Å²) in [7, 11) is 0. The molecule has 18 heavy (non-hydrogen) atoms. The van der Waals surface area contributed by atoms with Crippen molar-refractivity contribution >= 4 is 11.4 Å². The van der Waals surface area contributed by atoms with Gasteiger partial charge in [-0.1, -0.05) is 0 Å². The molecule has 0 radical (unpaired) electrons. The van der Waals surface area contributed by atoms with E-state index < -0.39 is 0 Å². The van der Waals surface area contributed by atoms with Crippen LogP contribution < -0.4 is 10.6 Å². The number of benzene rings is 1. The van der Waals surface area contributed by atoms with Crippen molar-refractivity contribution in [1.29, 1.82) is 0 Å². The van der Waals surface area contributed by atoms with Crippen LogP contribution in [0.4, 0.5) is 15.8 Å². The van der Waals surface area contributed by atoms with Gasteiger partial charge in [0.2, 0.25) is 0 Å². The van der Waals surface area contributed by atoms with Crippen molar-refractivity contribution in [3.63, 3.8) is 0 Å². The van der Waals surface area contributed by atoms with Crippen LogP contribution in [0.2, 0.25) is 0 Å². The molecule has 2 rings (SSSR count). The van der Waals surface area contributed by atoms with E-state index in [1.165, 1.54) is 12.1 Å². The van der Waals surface area contributed by atoms with Crippen LogP contribution in [0.1, 0.15) is 12.8 Å². The van der Waals surface area contributed by atoms with Gasteiger partial charge in [0.1, 0.15) is 5.82 Å². The van der Waals surface area contributed by atoms with Gasteiger partial charge in [-0.2, -0.15) is 0 Å². The summed E-state index contributed by atoms with van der Waals surface area (Å²) < 4.78 is 18.5. The van der Waals surface area contributed by atoms with Gasteiger partial charge in [0.05, 0.1) is 30.7 Å². The molecule has 1 aliphatic heterocycles. The second-order valence-electron chi connectivity index (χ2n) is 4.48. The van der Waals surface area contributed by atoms with Gasteiger partial charge in [-0.3, -0.25) is 0 Å². The van der Waals surface area contributed by atoms with Crippen LogP contribution in [0.5, 0.6) is 0 Å². The van der Waals surface area contributed by atoms with Gasteiger partial charge in [-0.05, 0) is 31.0 Å². The lowest BCUT2D eigenvalue weighted by molar-refractivity contribution is 0.0159. The minimum atomic E-state index is -0.308. The maximum atomic E-state index is 13.0. The molecule has 0 spiro atoms. The average Bonchev–Trinajstić information content (AvgIpc) is 2.37. The largest absolute Gasteiger partial charge is 0.397 e. The number of nitrogens with two attached hydrogens (primary N) is 1. The zero-order valence-electron chi connectivity index (χ0n) is 10.3. The second kappa shape index (κ2) is 6.02. The summed E-state index contributed by atoms with van der Waals surface area (Å²) >= 11 is 0. The van der Waals surface area contributed by atoms with E-state index in [2.05, 4.69) is 4.90 Å². The number of hydrogen-bond donors (Lipinski definition) is 2. The third-order valence-corrected chi connectivity index (χ3v) is 3.22. The summed E-state index contributed by atoms with van der Waals surface area (Å²) in [4.78, 5) is 2.15. The normalized spacial score (nSPS) is 17.1. The summed E-state index contributed by atoms with van der Waals surface area (Å²) in [6.45, 7) is 2.13. The fourth-order valence-electron chi connectivity index (χ4n) is 2.30. The highest BCUT2D eigenvalue weighted by Gasteiger charge is 2.21. The Balaban J connectivity index is 1.93. The van der Waals surface area contributed by atoms with Crippen LogP contribution in [0.25, 0.3) is 0 Å². The Labute approximate surface area is 106 Å². The molecule has 4 nitrogen and oxygen atoms in total. The highest BCUT2D eigenvalue weighted by atomic mass is 19.1. The smallest absolute Gasteiger partial charge is 0.125 e. The highest BCUT2D eigenvalue weighted by molar-refractivity contribution is 5.67. The van der Waals surface area contributed by atoms with Crippen molar-refractivity contribution in [2.45, 2.75) is 18.9 Å². The maximum absolute atomic E-state index is 13.0. The number of nitrogens with zero attached hydrogens (tertiary/aromatic N) is 1. The number of aliphatic hydroxyl groups excluding tert-OH is 1. The van der Waals surface area contributed by atoms with Crippen molar-refractivity contribution < 1.29 is 14.2 Å². The number of piperidine rings is 1. The molecule has 5 heteroatoms. The van der Waals surface area contributed by atoms with Crippen molar-refractivity contribution in [3.8, 4) is 0 Å². The number of anilines is 2. The molecule has 0 unspecified atom stereocenters. The monoisotopic (exact) mass is 254 g/mol. The molecule has 1 saturated heterocycles. The fourth-order valence-corrected chi connectivity index (χ4v) is 2.30. The summed E-state index contributed by atoms with van der Waals surface area (Å²) in [5.74, 6) is -0.308. The third kappa shape index (κ3) is 3.11. The lowest BCUT2D eigenvalue weighted by Gasteiger charge is -2.34. The van der Waals surface area contributed by atoms with Gasteiger partial charge in [0.15, 0.2) is 0 Å². The summed E-state index contributed by atoms with van der Waals surface area (Å²) in [6, 6.07) is 4.50. The Morgan fingerprint density at radius 3 is 2.72 bits per heavy atom. The molecule has 1 aliphatic rings. The van der Waals surface area contributed by atoms with Crippen LogP contribution in [-0.2, 0) is 4.74 Å². The zero-order valence-corrected chi connectivity index (χ0v) is 10.3. The van der Waals surface area contributed by atoms with Crippen LogP contribution in [0.3, 0.4) is 0 Å². The molecule has 1 heterocycles. The van der Waals surface area contributed by atoms with E-state index in [0.717, 1.165) is 31.6 Å². The molecule has 0 saturated carbocycles. The standard InChI is InChI=1S/C13H19FN2O2/c14-10-1-2-13(12(15)9-10)16-5-3-11(4-6-16)18-8-7-17/h1-2,9,11,17H,3-8,15H2. The van der Waals surface area contributed by atoms with E-state index in [1.54, 1.807) is 6.07 Å². The van der Waals surface area contributed by atoms with Gasteiger partial charge >= 0.3 is 0 Å². The number of aliphatic hydroxyl groups is 1. The van der Waals surface area contributed by atoms with E-state index in [0.29, 0.717) is 12.3 Å². The van der Waals surface area contributed by atoms with E-state index in [9.17, 15) is 4.39 Å². The molecule has 1 aromatic carbocycles. The Bertz CT molecular complexity index is 393. The highest BCUT2D eigenvalue weighted by Crippen LogP contribution is 2.27. The molecular formula is C13H19FN2O2. The minimum Gasteiger partial charge on any atom is -0.397 e. The first kappa shape index (κ1) is 13.1. The molecule has 1 aromatic rings. The Morgan fingerprint density at radius 2 is 2.11 bits per heavy atom. The molecular weight excluding hydrogens is 235 g/mol. The van der Waals surface area contributed by atoms with E-state index >= 15 is 0 Å². The number of nitrogen functional groups attached to an aromatic ring is 1. The Morgan fingerprint density at radius 1 is 1.39 bits per heavy atom. The average molecular weight is 254 g/mol. The molecule has 1 fully saturated rings. The maximum Gasteiger partial charge on any atom is 0.125 e. The second-order valence-corrected chi connectivity index (χ2v) is 4.48. The molecule has 0 amide bonds. The first-order valence-corrected chi connectivity index (χ1v) is 6.23.